The van der Waals surface area contributed by atoms with E-state index in [2.05, 4.69) is 5.32 Å². The van der Waals surface area contributed by atoms with E-state index in [0.29, 0.717) is 6.29 Å². The van der Waals surface area contributed by atoms with Crippen molar-refractivity contribution in [2.45, 2.75) is 0 Å². The van der Waals surface area contributed by atoms with Crippen LogP contribution in [-0.4, -0.2) is 34.3 Å². The van der Waals surface area contributed by atoms with Crippen LogP contribution in [0, 0.1) is 17.5 Å². The Hall–Kier alpha value is -3.75. The molecule has 0 heterocycles. The molecular weight excluding hydrogens is 408 g/mol. The van der Waals surface area contributed by atoms with E-state index < -0.39 is 29.0 Å². The summed E-state index contributed by atoms with van der Waals surface area (Å²) in [4.78, 5) is 23.2. The number of esters is 1. The normalized spacial score (nSPS) is 10.6. The highest BCUT2D eigenvalue weighted by Gasteiger charge is 2.26. The van der Waals surface area contributed by atoms with Gasteiger partial charge >= 0.3 is 5.97 Å². The molecule has 0 radical (unpaired) electrons. The number of aldehydes is 1. The summed E-state index contributed by atoms with van der Waals surface area (Å²) >= 11 is 0. The van der Waals surface area contributed by atoms with Crippen LogP contribution in [0.3, 0.4) is 0 Å². The Labute approximate surface area is 177 Å². The summed E-state index contributed by atoms with van der Waals surface area (Å²) in [5, 5.41) is 2.74. The molecule has 0 aromatic heterocycles. The molecule has 9 heteroatoms. The van der Waals surface area contributed by atoms with Gasteiger partial charge in [-0.2, -0.15) is 0 Å². The predicted octanol–water partition coefficient (Wildman–Crippen LogP) is 2.92. The van der Waals surface area contributed by atoms with E-state index in [1.165, 1.54) is 51.3 Å². The van der Waals surface area contributed by atoms with E-state index in [4.69, 9.17) is 10.5 Å². The number of nitrogen functional groups attached to an aromatic ring is 1. The zero-order valence-corrected chi connectivity index (χ0v) is 17.0. The van der Waals surface area contributed by atoms with Crippen LogP contribution in [0.2, 0.25) is 0 Å². The van der Waals surface area contributed by atoms with Gasteiger partial charge in [0.05, 0.1) is 29.6 Å². The summed E-state index contributed by atoms with van der Waals surface area (Å²) in [6.45, 7) is 0. The van der Waals surface area contributed by atoms with Gasteiger partial charge in [-0.3, -0.25) is 4.79 Å². The summed E-state index contributed by atoms with van der Waals surface area (Å²) < 4.78 is 50.3. The Bertz CT molecular complexity index is 1190. The number of carbonyl (C=O) groups is 2. The number of rotatable bonds is 5. The van der Waals surface area contributed by atoms with Crippen molar-refractivity contribution in [2.24, 2.45) is 0 Å². The number of ether oxygens (including phenoxy) is 1. The lowest BCUT2D eigenvalue weighted by molar-refractivity contribution is 0.0602. The first-order valence-corrected chi connectivity index (χ1v) is 9.17. The minimum atomic E-state index is -1.44. The van der Waals surface area contributed by atoms with Crippen LogP contribution < -0.4 is 16.5 Å². The maximum Gasteiger partial charge on any atom is 0.340 e. The highest BCUT2D eigenvalue weighted by molar-refractivity contribution is 6.36. The molecule has 0 aliphatic rings. The smallest absolute Gasteiger partial charge is 0.340 e. The molecule has 31 heavy (non-hydrogen) atoms. The second-order valence-corrected chi connectivity index (χ2v) is 6.79. The third-order valence-electron chi connectivity index (χ3n) is 4.98. The zero-order chi connectivity index (χ0) is 22.9. The van der Waals surface area contributed by atoms with Crippen LogP contribution in [0.4, 0.5) is 24.5 Å². The molecule has 0 aliphatic heterocycles. The third kappa shape index (κ3) is 3.74. The molecule has 0 atom stereocenters. The van der Waals surface area contributed by atoms with Crippen molar-refractivity contribution in [3.8, 4) is 22.3 Å². The van der Waals surface area contributed by atoms with Gasteiger partial charge < -0.3 is 15.8 Å². The Morgan fingerprint density at radius 2 is 1.74 bits per heavy atom. The van der Waals surface area contributed by atoms with Gasteiger partial charge in [0.15, 0.2) is 11.6 Å². The molecule has 0 saturated carbocycles. The van der Waals surface area contributed by atoms with Crippen LogP contribution in [-0.2, 0) is 4.74 Å². The highest BCUT2D eigenvalue weighted by Crippen LogP contribution is 2.36. The molecule has 3 N–H and O–H groups in total. The van der Waals surface area contributed by atoms with E-state index in [1.54, 1.807) is 0 Å². The summed E-state index contributed by atoms with van der Waals surface area (Å²) in [7, 11) is 3.97. The molecule has 0 bridgehead atoms. The van der Waals surface area contributed by atoms with Crippen LogP contribution >= 0.6 is 0 Å². The van der Waals surface area contributed by atoms with E-state index in [9.17, 15) is 9.59 Å². The lowest BCUT2D eigenvalue weighted by Gasteiger charge is -2.17. The molecule has 3 rings (SSSR count). The number of nitrogens with two attached hydrogens (primary N) is 1. The molecule has 0 unspecified atom stereocenters. The molecular formula is C22H18BF3N2O3. The predicted molar refractivity (Wildman–Crippen MR) is 116 cm³/mol. The number of hydrogen-bond acceptors (Lipinski definition) is 5. The standard InChI is InChI=1S/C22H18BF3N2O3/c1-28-21-13(22(30)31-2)7-12(8-14(21)27)16-18(24)17(23)15(19(25)20(16)26)11-5-3-4-10(6-11)9-29/h3-9,28H,23,27H2,1-2H3. The van der Waals surface area contributed by atoms with E-state index in [-0.39, 0.29) is 44.7 Å². The molecule has 0 saturated heterocycles. The lowest BCUT2D eigenvalue weighted by Crippen LogP contribution is -2.19. The second kappa shape index (κ2) is 8.55. The summed E-state index contributed by atoms with van der Waals surface area (Å²) in [5.41, 5.74) is 5.29. The fourth-order valence-corrected chi connectivity index (χ4v) is 3.50. The van der Waals surface area contributed by atoms with Gasteiger partial charge in [0.2, 0.25) is 0 Å². The Morgan fingerprint density at radius 1 is 1.06 bits per heavy atom. The fraction of sp³-hybridized carbons (Fsp3) is 0.0909. The number of anilines is 2. The number of hydrogen-bond donors (Lipinski definition) is 2. The molecule has 3 aromatic carbocycles. The SMILES string of the molecule is Bc1c(F)c(-c2cc(N)c(NC)c(C(=O)OC)c2)c(F)c(F)c1-c1cccc(C=O)c1. The number of halogens is 3. The van der Waals surface area contributed by atoms with Crippen LogP contribution in [0.25, 0.3) is 22.3 Å². The molecule has 0 amide bonds. The van der Waals surface area contributed by atoms with Gasteiger partial charge in [-0.05, 0) is 34.8 Å². The molecule has 158 valence electrons. The summed E-state index contributed by atoms with van der Waals surface area (Å²) in [6.07, 6.45) is 0.554. The monoisotopic (exact) mass is 426 g/mol. The minimum absolute atomic E-state index is 0.0278. The van der Waals surface area contributed by atoms with Gasteiger partial charge in [0.25, 0.3) is 0 Å². The summed E-state index contributed by atoms with van der Waals surface area (Å²) in [6, 6.07) is 8.19. The van der Waals surface area contributed by atoms with Crippen molar-refractivity contribution < 1.29 is 27.5 Å². The number of nitrogens with one attached hydrogen (secondary N) is 1. The van der Waals surface area contributed by atoms with Gasteiger partial charge in [0, 0.05) is 18.2 Å². The lowest BCUT2D eigenvalue weighted by atomic mass is 9.82. The van der Waals surface area contributed by atoms with Gasteiger partial charge in [-0.25, -0.2) is 18.0 Å². The maximum atomic E-state index is 15.3. The average molecular weight is 426 g/mol. The Morgan fingerprint density at radius 3 is 2.35 bits per heavy atom. The first-order valence-electron chi connectivity index (χ1n) is 9.17. The Balaban J connectivity index is 2.31. The van der Waals surface area contributed by atoms with Crippen LogP contribution in [0.15, 0.2) is 36.4 Å². The van der Waals surface area contributed by atoms with Crippen molar-refractivity contribution in [3.63, 3.8) is 0 Å². The molecule has 5 nitrogen and oxygen atoms in total. The van der Waals surface area contributed by atoms with Gasteiger partial charge in [-0.1, -0.05) is 18.2 Å². The van der Waals surface area contributed by atoms with Gasteiger partial charge in [0.1, 0.15) is 19.9 Å². The molecule has 0 fully saturated rings. The first-order chi connectivity index (χ1) is 14.7. The van der Waals surface area contributed by atoms with Crippen LogP contribution in [0.1, 0.15) is 20.7 Å². The molecule has 0 aliphatic carbocycles. The van der Waals surface area contributed by atoms with Crippen molar-refractivity contribution >= 4 is 36.9 Å². The van der Waals surface area contributed by atoms with E-state index >= 15 is 13.2 Å². The van der Waals surface area contributed by atoms with Crippen molar-refractivity contribution in [1.29, 1.82) is 0 Å². The average Bonchev–Trinajstić information content (AvgIpc) is 2.77. The quantitative estimate of drug-likeness (QED) is 0.216. The fourth-order valence-electron chi connectivity index (χ4n) is 3.50. The number of methoxy groups -OCH3 is 1. The van der Waals surface area contributed by atoms with Crippen LogP contribution in [0.5, 0.6) is 0 Å². The van der Waals surface area contributed by atoms with Crippen molar-refractivity contribution in [3.05, 3.63) is 65.0 Å². The minimum Gasteiger partial charge on any atom is -0.465 e. The third-order valence-corrected chi connectivity index (χ3v) is 4.98. The van der Waals surface area contributed by atoms with Gasteiger partial charge in [-0.15, -0.1) is 0 Å². The highest BCUT2D eigenvalue weighted by atomic mass is 19.2. The Kier molecular flexibility index (Phi) is 6.05. The van der Waals surface area contributed by atoms with Crippen molar-refractivity contribution in [2.75, 3.05) is 25.2 Å². The van der Waals surface area contributed by atoms with E-state index in [0.717, 1.165) is 7.11 Å². The molecule has 3 aromatic rings. The number of carbonyl (C=O) groups excluding carboxylic acids is 2. The first kappa shape index (κ1) is 22.0. The van der Waals surface area contributed by atoms with Crippen molar-refractivity contribution in [1.82, 2.24) is 0 Å². The summed E-state index contributed by atoms with van der Waals surface area (Å²) in [5.74, 6) is -4.52. The maximum absolute atomic E-state index is 15.3. The number of benzene rings is 3. The molecule has 0 spiro atoms. The van der Waals surface area contributed by atoms with E-state index in [1.807, 2.05) is 0 Å². The largest absolute Gasteiger partial charge is 0.465 e. The second-order valence-electron chi connectivity index (χ2n) is 6.79. The topological polar surface area (TPSA) is 81.4 Å². The zero-order valence-electron chi connectivity index (χ0n) is 17.0.